The number of fused-ring (bicyclic) bond motifs is 5. The standard InChI is InChI=1S/C36H24NO6P/c1-40-34(38)25-17-18-33-30(21-25)37-35(42-33)44(39)43-36(28-12-4-6-15-31(28)41-32-16-7-5-13-29(32)36)27-14-8-11-24-19-22-9-2-3-10-23(22)20-26(24)27/h2-21,44H,1H3. The third kappa shape index (κ3) is 4.05. The van der Waals surface area contributed by atoms with Crippen LogP contribution in [0, 0.1) is 0 Å². The Hall–Kier alpha value is -5.23. The molecule has 0 fully saturated rings. The van der Waals surface area contributed by atoms with Crippen LogP contribution in [-0.2, 0) is 19.4 Å². The number of hydrogen-bond donors (Lipinski definition) is 0. The molecule has 1 aliphatic heterocycles. The molecular formula is C36H24NO6P. The molecule has 0 bridgehead atoms. The van der Waals surface area contributed by atoms with Crippen LogP contribution >= 0.6 is 8.03 Å². The molecule has 1 aromatic heterocycles. The van der Waals surface area contributed by atoms with Crippen LogP contribution in [0.2, 0.25) is 0 Å². The maximum atomic E-state index is 14.4. The van der Waals surface area contributed by atoms with Crippen molar-refractivity contribution in [3.8, 4) is 11.5 Å². The minimum atomic E-state index is -3.16. The molecule has 0 radical (unpaired) electrons. The summed E-state index contributed by atoms with van der Waals surface area (Å²) in [4.78, 5) is 16.6. The zero-order chi connectivity index (χ0) is 29.8. The predicted molar refractivity (Wildman–Crippen MR) is 169 cm³/mol. The molecule has 7 aromatic rings. The van der Waals surface area contributed by atoms with Gasteiger partial charge in [-0.25, -0.2) is 9.78 Å². The fourth-order valence-corrected chi connectivity index (χ4v) is 7.23. The monoisotopic (exact) mass is 597 g/mol. The third-order valence-electron chi connectivity index (χ3n) is 8.11. The maximum absolute atomic E-state index is 14.4. The molecule has 7 nitrogen and oxygen atoms in total. The van der Waals surface area contributed by atoms with Gasteiger partial charge in [0.1, 0.15) is 17.0 Å². The van der Waals surface area contributed by atoms with Crippen molar-refractivity contribution in [1.82, 2.24) is 4.98 Å². The number of benzene rings is 6. The molecule has 44 heavy (non-hydrogen) atoms. The summed E-state index contributed by atoms with van der Waals surface area (Å²) in [7, 11) is -1.85. The van der Waals surface area contributed by atoms with Crippen molar-refractivity contribution in [2.75, 3.05) is 7.11 Å². The van der Waals surface area contributed by atoms with Crippen molar-refractivity contribution in [1.29, 1.82) is 0 Å². The lowest BCUT2D eigenvalue weighted by atomic mass is 9.76. The van der Waals surface area contributed by atoms with Gasteiger partial charge in [0.15, 0.2) is 11.2 Å². The molecule has 0 aliphatic carbocycles. The van der Waals surface area contributed by atoms with E-state index in [1.54, 1.807) is 18.2 Å². The van der Waals surface area contributed by atoms with E-state index in [0.717, 1.165) is 27.1 Å². The van der Waals surface area contributed by atoms with Crippen molar-refractivity contribution in [3.05, 3.63) is 144 Å². The molecule has 214 valence electrons. The molecule has 0 spiro atoms. The number of ether oxygens (including phenoxy) is 2. The smallest absolute Gasteiger partial charge is 0.337 e. The Bertz CT molecular complexity index is 2250. The van der Waals surface area contributed by atoms with E-state index in [-0.39, 0.29) is 5.63 Å². The lowest BCUT2D eigenvalue weighted by Crippen LogP contribution is -2.35. The summed E-state index contributed by atoms with van der Waals surface area (Å²) < 4.78 is 38.4. The Morgan fingerprint density at radius 1 is 0.727 bits per heavy atom. The normalized spacial score (nSPS) is 14.1. The van der Waals surface area contributed by atoms with Gasteiger partial charge >= 0.3 is 5.97 Å². The zero-order valence-corrected chi connectivity index (χ0v) is 24.4. The molecule has 0 saturated carbocycles. The SMILES string of the molecule is COC(=O)c1ccc2oc([PH](=O)OC3(c4cccc5cc6ccccc6cc45)c4ccccc4Oc4ccccc43)nc2c1. The number of para-hydroxylation sites is 2. The van der Waals surface area contributed by atoms with Gasteiger partial charge in [0.2, 0.25) is 0 Å². The lowest BCUT2D eigenvalue weighted by Gasteiger charge is -2.40. The molecule has 1 unspecified atom stereocenters. The van der Waals surface area contributed by atoms with E-state index in [4.69, 9.17) is 18.4 Å². The summed E-state index contributed by atoms with van der Waals surface area (Å²) in [6, 6.07) is 38.6. The first-order chi connectivity index (χ1) is 21.5. The fraction of sp³-hybridized carbons (Fsp3) is 0.0556. The highest BCUT2D eigenvalue weighted by atomic mass is 31.1. The Kier molecular flexibility index (Phi) is 6.12. The van der Waals surface area contributed by atoms with E-state index in [0.29, 0.717) is 39.3 Å². The molecule has 0 N–H and O–H groups in total. The molecule has 1 aliphatic rings. The molecule has 0 amide bonds. The van der Waals surface area contributed by atoms with Crippen molar-refractivity contribution in [2.45, 2.75) is 5.60 Å². The minimum absolute atomic E-state index is 0.0569. The van der Waals surface area contributed by atoms with E-state index < -0.39 is 19.6 Å². The van der Waals surface area contributed by atoms with Gasteiger partial charge in [-0.15, -0.1) is 0 Å². The number of nitrogens with zero attached hydrogens (tertiary/aromatic N) is 1. The Morgan fingerprint density at radius 2 is 1.36 bits per heavy atom. The fourth-order valence-electron chi connectivity index (χ4n) is 6.13. The third-order valence-corrected chi connectivity index (χ3v) is 9.16. The topological polar surface area (TPSA) is 87.9 Å². The number of rotatable bonds is 5. The second kappa shape index (κ2) is 10.2. The Balaban J connectivity index is 1.38. The summed E-state index contributed by atoms with van der Waals surface area (Å²) in [5, 5.41) is 4.16. The number of hydrogen-bond acceptors (Lipinski definition) is 7. The molecule has 8 heteroatoms. The van der Waals surface area contributed by atoms with Gasteiger partial charge in [0, 0.05) is 16.7 Å². The van der Waals surface area contributed by atoms with Crippen LogP contribution in [0.4, 0.5) is 0 Å². The molecular weight excluding hydrogens is 573 g/mol. The first kappa shape index (κ1) is 26.4. The molecule has 8 rings (SSSR count). The number of carbonyl (C=O) groups is 1. The Morgan fingerprint density at radius 3 is 2.09 bits per heavy atom. The number of carbonyl (C=O) groups excluding carboxylic acids is 1. The van der Waals surface area contributed by atoms with Crippen LogP contribution in [0.1, 0.15) is 27.0 Å². The van der Waals surface area contributed by atoms with Crippen molar-refractivity contribution in [3.63, 3.8) is 0 Å². The van der Waals surface area contributed by atoms with Gasteiger partial charge < -0.3 is 18.4 Å². The Labute approximate surface area is 252 Å². The van der Waals surface area contributed by atoms with Crippen LogP contribution in [-0.4, -0.2) is 18.1 Å². The van der Waals surface area contributed by atoms with E-state index in [9.17, 15) is 9.36 Å². The summed E-state index contributed by atoms with van der Waals surface area (Å²) in [6.07, 6.45) is 0. The average molecular weight is 598 g/mol. The number of aromatic nitrogens is 1. The quantitative estimate of drug-likeness (QED) is 0.112. The number of esters is 1. The van der Waals surface area contributed by atoms with E-state index >= 15 is 0 Å². The van der Waals surface area contributed by atoms with Crippen LogP contribution in [0.25, 0.3) is 32.6 Å². The molecule has 1 atom stereocenters. The van der Waals surface area contributed by atoms with Gasteiger partial charge in [-0.1, -0.05) is 78.9 Å². The van der Waals surface area contributed by atoms with Crippen LogP contribution in [0.15, 0.2) is 126 Å². The second-order valence-electron chi connectivity index (χ2n) is 10.6. The molecule has 6 aromatic carbocycles. The van der Waals surface area contributed by atoms with Crippen molar-refractivity contribution in [2.24, 2.45) is 0 Å². The van der Waals surface area contributed by atoms with E-state index in [1.807, 2.05) is 72.8 Å². The van der Waals surface area contributed by atoms with Crippen molar-refractivity contribution < 1.29 is 27.8 Å². The minimum Gasteiger partial charge on any atom is -0.465 e. The zero-order valence-electron chi connectivity index (χ0n) is 23.4. The summed E-state index contributed by atoms with van der Waals surface area (Å²) >= 11 is 0. The first-order valence-corrected chi connectivity index (χ1v) is 15.4. The number of methoxy groups -OCH3 is 1. The lowest BCUT2D eigenvalue weighted by molar-refractivity contribution is 0.0601. The van der Waals surface area contributed by atoms with E-state index in [1.165, 1.54) is 7.11 Å². The van der Waals surface area contributed by atoms with Crippen LogP contribution in [0.5, 0.6) is 11.5 Å². The van der Waals surface area contributed by atoms with Crippen molar-refractivity contribution >= 4 is 52.3 Å². The second-order valence-corrected chi connectivity index (χ2v) is 11.8. The largest absolute Gasteiger partial charge is 0.465 e. The van der Waals surface area contributed by atoms with Gasteiger partial charge in [0.25, 0.3) is 13.7 Å². The van der Waals surface area contributed by atoms with E-state index in [2.05, 4.69) is 35.3 Å². The summed E-state index contributed by atoms with van der Waals surface area (Å²) in [5.41, 5.74) is 1.90. The predicted octanol–water partition coefficient (Wildman–Crippen LogP) is 8.14. The van der Waals surface area contributed by atoms with Gasteiger partial charge in [-0.3, -0.25) is 4.57 Å². The highest BCUT2D eigenvalue weighted by Gasteiger charge is 2.48. The highest BCUT2D eigenvalue weighted by molar-refractivity contribution is 7.47. The van der Waals surface area contributed by atoms with Gasteiger partial charge in [-0.2, -0.15) is 0 Å². The summed E-state index contributed by atoms with van der Waals surface area (Å²) in [6.45, 7) is 0. The number of oxazole rings is 1. The first-order valence-electron chi connectivity index (χ1n) is 14.1. The molecule has 2 heterocycles. The highest BCUT2D eigenvalue weighted by Crippen LogP contribution is 2.56. The van der Waals surface area contributed by atoms with Crippen LogP contribution < -0.4 is 10.4 Å². The molecule has 0 saturated heterocycles. The van der Waals surface area contributed by atoms with Crippen LogP contribution in [0.3, 0.4) is 0 Å². The van der Waals surface area contributed by atoms with Gasteiger partial charge in [0.05, 0.1) is 12.7 Å². The average Bonchev–Trinajstić information content (AvgIpc) is 3.50. The maximum Gasteiger partial charge on any atom is 0.337 e. The van der Waals surface area contributed by atoms with Gasteiger partial charge in [-0.05, 0) is 64.0 Å². The summed E-state index contributed by atoms with van der Waals surface area (Å²) in [5.74, 6) is 0.691.